The minimum Gasteiger partial charge on any atom is -0.376 e. The van der Waals surface area contributed by atoms with Gasteiger partial charge in [-0.25, -0.2) is 22.0 Å². The van der Waals surface area contributed by atoms with Crippen molar-refractivity contribution in [2.45, 2.75) is 37.8 Å². The lowest BCUT2D eigenvalue weighted by Crippen LogP contribution is -2.42. The highest BCUT2D eigenvalue weighted by Crippen LogP contribution is 2.33. The molecule has 0 saturated carbocycles. The van der Waals surface area contributed by atoms with E-state index >= 15 is 0 Å². The van der Waals surface area contributed by atoms with Gasteiger partial charge in [0.1, 0.15) is 5.69 Å². The van der Waals surface area contributed by atoms with Crippen LogP contribution in [0.3, 0.4) is 0 Å². The number of halogens is 5. The zero-order valence-corrected chi connectivity index (χ0v) is 11.2. The molecule has 2 unspecified atom stereocenters. The monoisotopic (exact) mass is 306 g/mol. The van der Waals surface area contributed by atoms with Crippen molar-refractivity contribution >= 4 is 5.69 Å². The summed E-state index contributed by atoms with van der Waals surface area (Å²) in [4.78, 5) is 2.20. The van der Waals surface area contributed by atoms with Crippen LogP contribution in [0.4, 0.5) is 27.6 Å². The minimum absolute atomic E-state index is 0.0914. The van der Waals surface area contributed by atoms with E-state index in [0.717, 1.165) is 32.4 Å². The van der Waals surface area contributed by atoms with Crippen LogP contribution in [0, 0.1) is 29.1 Å². The Morgan fingerprint density at radius 1 is 0.762 bits per heavy atom. The zero-order valence-electron chi connectivity index (χ0n) is 11.2. The summed E-state index contributed by atoms with van der Waals surface area (Å²) in [6, 6.07) is -0.202. The van der Waals surface area contributed by atoms with Crippen LogP contribution in [0.1, 0.15) is 25.7 Å². The third kappa shape index (κ3) is 2.37. The molecule has 2 saturated heterocycles. The van der Waals surface area contributed by atoms with Crippen molar-refractivity contribution in [2.75, 3.05) is 18.4 Å². The van der Waals surface area contributed by atoms with Crippen molar-refractivity contribution < 1.29 is 22.0 Å². The number of anilines is 1. The molecule has 7 heteroatoms. The molecule has 1 N–H and O–H groups in total. The van der Waals surface area contributed by atoms with E-state index in [1.54, 1.807) is 0 Å². The lowest BCUT2D eigenvalue weighted by Gasteiger charge is -2.33. The number of fused-ring (bicyclic) bond motifs is 1. The Labute approximate surface area is 118 Å². The normalized spacial score (nSPS) is 26.0. The molecule has 1 aromatic carbocycles. The lowest BCUT2D eigenvalue weighted by molar-refractivity contribution is 0.192. The molecular formula is C14H15F5N2. The fraction of sp³-hybridized carbons (Fsp3) is 0.571. The van der Waals surface area contributed by atoms with Gasteiger partial charge in [0.25, 0.3) is 0 Å². The van der Waals surface area contributed by atoms with E-state index < -0.39 is 34.8 Å². The quantitative estimate of drug-likeness (QED) is 0.512. The molecule has 0 bridgehead atoms. The van der Waals surface area contributed by atoms with Gasteiger partial charge >= 0.3 is 0 Å². The molecule has 0 spiro atoms. The average molecular weight is 306 g/mol. The molecule has 2 aliphatic rings. The number of hydrogen-bond donors (Lipinski definition) is 1. The van der Waals surface area contributed by atoms with Crippen LogP contribution in [0.15, 0.2) is 0 Å². The summed E-state index contributed by atoms with van der Waals surface area (Å²) >= 11 is 0. The molecule has 1 aromatic rings. The third-order valence-electron chi connectivity index (χ3n) is 4.40. The molecular weight excluding hydrogens is 291 g/mol. The molecule has 0 aromatic heterocycles. The summed E-state index contributed by atoms with van der Waals surface area (Å²) in [5.74, 6) is -9.52. The van der Waals surface area contributed by atoms with Crippen LogP contribution >= 0.6 is 0 Å². The van der Waals surface area contributed by atoms with E-state index in [1.165, 1.54) is 0 Å². The van der Waals surface area contributed by atoms with Gasteiger partial charge in [0, 0.05) is 18.6 Å². The molecule has 2 atom stereocenters. The summed E-state index contributed by atoms with van der Waals surface area (Å²) in [5, 5.41) is 2.55. The highest BCUT2D eigenvalue weighted by Gasteiger charge is 2.37. The Hall–Kier alpha value is -1.37. The highest BCUT2D eigenvalue weighted by atomic mass is 19.2. The average Bonchev–Trinajstić information content (AvgIpc) is 2.91. The standard InChI is InChI=1S/C14H15F5N2/c15-9-10(16)12(18)14(13(19)11(9)17)20-7-4-6-21-5-2-1-3-8(7)21/h7-8,20H,1-6H2. The van der Waals surface area contributed by atoms with Gasteiger partial charge in [0.15, 0.2) is 23.3 Å². The third-order valence-corrected chi connectivity index (χ3v) is 4.40. The largest absolute Gasteiger partial charge is 0.376 e. The molecule has 116 valence electrons. The summed E-state index contributed by atoms with van der Waals surface area (Å²) in [7, 11) is 0. The molecule has 21 heavy (non-hydrogen) atoms. The number of hydrogen-bond acceptors (Lipinski definition) is 2. The fourth-order valence-electron chi connectivity index (χ4n) is 3.33. The maximum absolute atomic E-state index is 13.7. The zero-order chi connectivity index (χ0) is 15.1. The van der Waals surface area contributed by atoms with Crippen LogP contribution in [0.5, 0.6) is 0 Å². The number of piperidine rings is 1. The van der Waals surface area contributed by atoms with Crippen molar-refractivity contribution in [3.8, 4) is 0 Å². The summed E-state index contributed by atoms with van der Waals surface area (Å²) < 4.78 is 66.8. The van der Waals surface area contributed by atoms with Gasteiger partial charge in [-0.3, -0.25) is 4.90 Å². The predicted molar refractivity (Wildman–Crippen MR) is 67.5 cm³/mol. The van der Waals surface area contributed by atoms with Gasteiger partial charge in [-0.2, -0.15) is 0 Å². The molecule has 0 amide bonds. The Morgan fingerprint density at radius 3 is 2.05 bits per heavy atom. The molecule has 2 fully saturated rings. The van der Waals surface area contributed by atoms with Crippen molar-refractivity contribution in [3.63, 3.8) is 0 Å². The topological polar surface area (TPSA) is 15.3 Å². The summed E-state index contributed by atoms with van der Waals surface area (Å²) in [5.41, 5.74) is -0.913. The predicted octanol–water partition coefficient (Wildman–Crippen LogP) is 3.42. The van der Waals surface area contributed by atoms with Gasteiger partial charge < -0.3 is 5.32 Å². The van der Waals surface area contributed by atoms with Gasteiger partial charge in [0.2, 0.25) is 5.82 Å². The Kier molecular flexibility index (Phi) is 3.77. The van der Waals surface area contributed by atoms with Gasteiger partial charge in [-0.15, -0.1) is 0 Å². The van der Waals surface area contributed by atoms with Crippen molar-refractivity contribution in [1.29, 1.82) is 0 Å². The van der Waals surface area contributed by atoms with Crippen molar-refractivity contribution in [3.05, 3.63) is 29.1 Å². The molecule has 2 aliphatic heterocycles. The van der Waals surface area contributed by atoms with Crippen molar-refractivity contribution in [1.82, 2.24) is 4.90 Å². The van der Waals surface area contributed by atoms with Gasteiger partial charge in [0.05, 0.1) is 0 Å². The Morgan fingerprint density at radius 2 is 1.38 bits per heavy atom. The maximum atomic E-state index is 13.7. The lowest BCUT2D eigenvalue weighted by atomic mass is 9.99. The van der Waals surface area contributed by atoms with E-state index in [1.807, 2.05) is 0 Å². The molecule has 0 radical (unpaired) electrons. The number of rotatable bonds is 2. The van der Waals surface area contributed by atoms with Gasteiger partial charge in [-0.05, 0) is 25.8 Å². The second-order valence-electron chi connectivity index (χ2n) is 5.58. The molecule has 2 heterocycles. The van der Waals surface area contributed by atoms with Crippen LogP contribution < -0.4 is 5.32 Å². The van der Waals surface area contributed by atoms with Crippen LogP contribution in [0.2, 0.25) is 0 Å². The molecule has 3 rings (SSSR count). The van der Waals surface area contributed by atoms with Gasteiger partial charge in [-0.1, -0.05) is 6.42 Å². The van der Waals surface area contributed by atoms with E-state index in [-0.39, 0.29) is 12.1 Å². The second kappa shape index (κ2) is 5.44. The smallest absolute Gasteiger partial charge is 0.200 e. The van der Waals surface area contributed by atoms with E-state index in [0.29, 0.717) is 6.42 Å². The first-order chi connectivity index (χ1) is 10.0. The molecule has 0 aliphatic carbocycles. The SMILES string of the molecule is Fc1c(F)c(F)c(NC2CCN3CCCCC23)c(F)c1F. The van der Waals surface area contributed by atoms with Crippen LogP contribution in [-0.4, -0.2) is 30.1 Å². The Balaban J connectivity index is 1.88. The highest BCUT2D eigenvalue weighted by molar-refractivity contribution is 5.49. The summed E-state index contributed by atoms with van der Waals surface area (Å²) in [6.45, 7) is 1.69. The molecule has 2 nitrogen and oxygen atoms in total. The van der Waals surface area contributed by atoms with E-state index in [9.17, 15) is 22.0 Å². The Bertz CT molecular complexity index is 534. The maximum Gasteiger partial charge on any atom is 0.200 e. The fourth-order valence-corrected chi connectivity index (χ4v) is 3.33. The second-order valence-corrected chi connectivity index (χ2v) is 5.58. The van der Waals surface area contributed by atoms with Crippen LogP contribution in [-0.2, 0) is 0 Å². The van der Waals surface area contributed by atoms with E-state index in [4.69, 9.17) is 0 Å². The summed E-state index contributed by atoms with van der Waals surface area (Å²) in [6.07, 6.45) is 3.58. The number of benzene rings is 1. The van der Waals surface area contributed by atoms with Crippen molar-refractivity contribution in [2.24, 2.45) is 0 Å². The number of nitrogens with zero attached hydrogens (tertiary/aromatic N) is 1. The first kappa shape index (κ1) is 14.6. The first-order valence-electron chi connectivity index (χ1n) is 7.02. The first-order valence-corrected chi connectivity index (χ1v) is 7.02. The van der Waals surface area contributed by atoms with Crippen LogP contribution in [0.25, 0.3) is 0 Å². The van der Waals surface area contributed by atoms with E-state index in [2.05, 4.69) is 10.2 Å². The number of nitrogens with one attached hydrogen (secondary N) is 1. The minimum atomic E-state index is -2.12.